The Hall–Kier alpha value is -6.33. The summed E-state index contributed by atoms with van der Waals surface area (Å²) < 4.78 is 6.50. The molecule has 0 bridgehead atoms. The van der Waals surface area contributed by atoms with Gasteiger partial charge >= 0.3 is 0 Å². The molecule has 0 fully saturated rings. The van der Waals surface area contributed by atoms with Gasteiger partial charge in [-0.3, -0.25) is 0 Å². The summed E-state index contributed by atoms with van der Waals surface area (Å²) in [6.07, 6.45) is 10.9. The van der Waals surface area contributed by atoms with Crippen LogP contribution < -0.4 is 5.32 Å². The van der Waals surface area contributed by atoms with Crippen LogP contribution in [0.1, 0.15) is 42.6 Å². The Morgan fingerprint density at radius 2 is 1.37 bits per heavy atom. The number of hydrogen-bond donors (Lipinski definition) is 1. The van der Waals surface area contributed by atoms with E-state index in [-0.39, 0.29) is 0 Å². The van der Waals surface area contributed by atoms with Crippen molar-refractivity contribution in [2.24, 2.45) is 0 Å². The van der Waals surface area contributed by atoms with Crippen LogP contribution in [0.25, 0.3) is 90.0 Å². The van der Waals surface area contributed by atoms with Crippen LogP contribution >= 0.6 is 0 Å². The van der Waals surface area contributed by atoms with Crippen molar-refractivity contribution in [2.45, 2.75) is 25.7 Å². The molecule has 51 heavy (non-hydrogen) atoms. The lowest BCUT2D eigenvalue weighted by molar-refractivity contribution is 0.478. The first-order valence-corrected chi connectivity index (χ1v) is 17.8. The molecule has 1 aliphatic carbocycles. The Labute approximate surface area is 296 Å². The third-order valence-electron chi connectivity index (χ3n) is 10.5. The van der Waals surface area contributed by atoms with E-state index in [0.29, 0.717) is 23.4 Å². The van der Waals surface area contributed by atoms with Gasteiger partial charge in [-0.1, -0.05) is 134 Å². The molecule has 3 heterocycles. The number of benzene rings is 6. The molecule has 244 valence electrons. The Kier molecular flexibility index (Phi) is 6.91. The molecular formula is C46H34N4O. The SMILES string of the molecule is CCC1CC=Cc2c1oc1cccc(-c3nc(-c4ccccc4)nc(-c4ccc(-c5cc6c(c7c5ccc5ccccc57)C=CCN6)cc4)n3)c21. The van der Waals surface area contributed by atoms with E-state index in [9.17, 15) is 0 Å². The van der Waals surface area contributed by atoms with Gasteiger partial charge in [0.1, 0.15) is 11.3 Å². The van der Waals surface area contributed by atoms with E-state index in [4.69, 9.17) is 19.4 Å². The third-order valence-corrected chi connectivity index (χ3v) is 10.5. The van der Waals surface area contributed by atoms with Crippen LogP contribution in [0, 0.1) is 0 Å². The molecule has 2 aliphatic rings. The van der Waals surface area contributed by atoms with E-state index in [1.54, 1.807) is 0 Å². The molecule has 0 saturated carbocycles. The van der Waals surface area contributed by atoms with E-state index in [1.165, 1.54) is 32.7 Å². The quantitative estimate of drug-likeness (QED) is 0.186. The van der Waals surface area contributed by atoms with E-state index in [0.717, 1.165) is 69.6 Å². The monoisotopic (exact) mass is 658 g/mol. The zero-order valence-corrected chi connectivity index (χ0v) is 28.2. The van der Waals surface area contributed by atoms with Crippen molar-refractivity contribution in [3.05, 3.63) is 144 Å². The first-order valence-electron chi connectivity index (χ1n) is 17.8. The number of allylic oxidation sites excluding steroid dienone is 1. The fourth-order valence-electron chi connectivity index (χ4n) is 7.92. The van der Waals surface area contributed by atoms with Crippen LogP contribution in [0.3, 0.4) is 0 Å². The summed E-state index contributed by atoms with van der Waals surface area (Å²) in [5.41, 5.74) is 9.57. The average molecular weight is 659 g/mol. The summed E-state index contributed by atoms with van der Waals surface area (Å²) in [7, 11) is 0. The van der Waals surface area contributed by atoms with E-state index >= 15 is 0 Å². The molecule has 1 aliphatic heterocycles. The molecule has 10 rings (SSSR count). The van der Waals surface area contributed by atoms with Crippen molar-refractivity contribution < 1.29 is 4.42 Å². The largest absolute Gasteiger partial charge is 0.460 e. The van der Waals surface area contributed by atoms with Gasteiger partial charge in [0.2, 0.25) is 0 Å². The van der Waals surface area contributed by atoms with Crippen molar-refractivity contribution in [1.82, 2.24) is 15.0 Å². The normalized spacial score (nSPS) is 14.9. The van der Waals surface area contributed by atoms with Gasteiger partial charge in [-0.2, -0.15) is 0 Å². The van der Waals surface area contributed by atoms with Crippen LogP contribution in [0.2, 0.25) is 0 Å². The fraction of sp³-hybridized carbons (Fsp3) is 0.109. The Balaban J connectivity index is 1.13. The maximum atomic E-state index is 6.50. The number of nitrogens with one attached hydrogen (secondary N) is 1. The number of aromatic nitrogens is 3. The van der Waals surface area contributed by atoms with Gasteiger partial charge in [-0.25, -0.2) is 15.0 Å². The number of nitrogens with zero attached hydrogens (tertiary/aromatic N) is 3. The van der Waals surface area contributed by atoms with Crippen molar-refractivity contribution in [2.75, 3.05) is 11.9 Å². The lowest BCUT2D eigenvalue weighted by Gasteiger charge is -2.20. The first-order chi connectivity index (χ1) is 25.2. The van der Waals surface area contributed by atoms with Gasteiger partial charge in [0.05, 0.1) is 0 Å². The number of hydrogen-bond acceptors (Lipinski definition) is 5. The fourth-order valence-corrected chi connectivity index (χ4v) is 7.92. The third kappa shape index (κ3) is 4.88. The second-order valence-corrected chi connectivity index (χ2v) is 13.4. The van der Waals surface area contributed by atoms with Gasteiger partial charge in [-0.15, -0.1) is 0 Å². The maximum Gasteiger partial charge on any atom is 0.164 e. The lowest BCUT2D eigenvalue weighted by Crippen LogP contribution is -2.05. The Bertz CT molecular complexity index is 2700. The topological polar surface area (TPSA) is 63.8 Å². The zero-order chi connectivity index (χ0) is 33.9. The maximum absolute atomic E-state index is 6.50. The number of rotatable bonds is 5. The summed E-state index contributed by atoms with van der Waals surface area (Å²) in [4.78, 5) is 15.3. The van der Waals surface area contributed by atoms with Crippen LogP contribution in [0.5, 0.6) is 0 Å². The van der Waals surface area contributed by atoms with Gasteiger partial charge in [0.15, 0.2) is 17.5 Å². The highest BCUT2D eigenvalue weighted by Crippen LogP contribution is 2.44. The molecular weight excluding hydrogens is 625 g/mol. The molecule has 2 aromatic heterocycles. The molecule has 0 saturated heterocycles. The molecule has 5 nitrogen and oxygen atoms in total. The predicted molar refractivity (Wildman–Crippen MR) is 211 cm³/mol. The Morgan fingerprint density at radius 1 is 0.627 bits per heavy atom. The molecule has 8 aromatic rings. The van der Waals surface area contributed by atoms with Gasteiger partial charge in [0.25, 0.3) is 0 Å². The minimum atomic E-state index is 0.371. The van der Waals surface area contributed by atoms with Crippen LogP contribution in [-0.4, -0.2) is 21.5 Å². The molecule has 0 spiro atoms. The summed E-state index contributed by atoms with van der Waals surface area (Å²) >= 11 is 0. The average Bonchev–Trinajstić information content (AvgIpc) is 3.60. The number of fused-ring (bicyclic) bond motifs is 8. The predicted octanol–water partition coefficient (Wildman–Crippen LogP) is 11.9. The second-order valence-electron chi connectivity index (χ2n) is 13.4. The highest BCUT2D eigenvalue weighted by atomic mass is 16.3. The first kappa shape index (κ1) is 29.6. The summed E-state index contributed by atoms with van der Waals surface area (Å²) in [5.74, 6) is 3.34. The lowest BCUT2D eigenvalue weighted by atomic mass is 9.89. The number of anilines is 1. The minimum Gasteiger partial charge on any atom is -0.460 e. The van der Waals surface area contributed by atoms with E-state index in [2.05, 4.69) is 128 Å². The van der Waals surface area contributed by atoms with Crippen molar-refractivity contribution in [1.29, 1.82) is 0 Å². The van der Waals surface area contributed by atoms with E-state index in [1.807, 2.05) is 24.3 Å². The molecule has 1 unspecified atom stereocenters. The molecule has 5 heteroatoms. The highest BCUT2D eigenvalue weighted by Gasteiger charge is 2.25. The van der Waals surface area contributed by atoms with Gasteiger partial charge in [0, 0.05) is 51.4 Å². The standard InChI is InChI=1S/C46H34N4O/c1-2-28-14-8-16-36-42-37(17-9-19-40(42)51-43(28)36)46-49-44(31-12-4-3-5-13-31)48-45(50-46)32-22-20-30(21-23-32)38-27-39-35(18-10-26-47-39)41-33-15-7-6-11-29(33)24-25-34(38)41/h3-13,15-25,27-28,47H,2,14,26H2,1H3. The molecule has 6 aromatic carbocycles. The summed E-state index contributed by atoms with van der Waals surface area (Å²) in [6, 6.07) is 40.5. The van der Waals surface area contributed by atoms with Gasteiger partial charge < -0.3 is 9.73 Å². The minimum absolute atomic E-state index is 0.371. The van der Waals surface area contributed by atoms with Gasteiger partial charge in [-0.05, 0) is 57.6 Å². The number of furan rings is 1. The highest BCUT2D eigenvalue weighted by molar-refractivity contribution is 6.17. The molecule has 0 radical (unpaired) electrons. The van der Waals surface area contributed by atoms with Crippen LogP contribution in [-0.2, 0) is 0 Å². The zero-order valence-electron chi connectivity index (χ0n) is 28.2. The Morgan fingerprint density at radius 3 is 2.22 bits per heavy atom. The van der Waals surface area contributed by atoms with Crippen LogP contribution in [0.4, 0.5) is 5.69 Å². The van der Waals surface area contributed by atoms with Crippen LogP contribution in [0.15, 0.2) is 132 Å². The smallest absolute Gasteiger partial charge is 0.164 e. The molecule has 1 N–H and O–H groups in total. The second kappa shape index (κ2) is 11.9. The summed E-state index contributed by atoms with van der Waals surface area (Å²) in [5, 5.41) is 9.70. The van der Waals surface area contributed by atoms with Crippen molar-refractivity contribution >= 4 is 50.4 Å². The molecule has 1 atom stereocenters. The van der Waals surface area contributed by atoms with Crippen molar-refractivity contribution in [3.8, 4) is 45.3 Å². The summed E-state index contributed by atoms with van der Waals surface area (Å²) in [6.45, 7) is 3.04. The van der Waals surface area contributed by atoms with E-state index < -0.39 is 0 Å². The van der Waals surface area contributed by atoms with Crippen molar-refractivity contribution in [3.63, 3.8) is 0 Å². The molecule has 0 amide bonds.